The van der Waals surface area contributed by atoms with E-state index in [1.807, 2.05) is 0 Å². The van der Waals surface area contributed by atoms with Gasteiger partial charge in [0.2, 0.25) is 17.5 Å². The molecule has 0 aliphatic carbocycles. The molecule has 0 spiro atoms. The number of nitrogens with two attached hydrogens (primary N) is 3. The molecule has 3 atom stereocenters. The van der Waals surface area contributed by atoms with Crippen molar-refractivity contribution in [2.24, 2.45) is 17.4 Å². The molecule has 1 amide bonds. The molecule has 0 unspecified atom stereocenters. The van der Waals surface area contributed by atoms with Gasteiger partial charge in [0, 0.05) is 28.3 Å². The number of ketones is 1. The molecule has 0 aliphatic rings. The number of hydrogen-bond donors (Lipinski definition) is 4. The number of Topliss-reactive ketones (excluding diaryl/α,β-unsaturated/α-hetero) is 1. The lowest BCUT2D eigenvalue weighted by Crippen LogP contribution is -2.44. The van der Waals surface area contributed by atoms with Gasteiger partial charge in [0.1, 0.15) is 54.0 Å². The van der Waals surface area contributed by atoms with E-state index in [-0.39, 0.29) is 65.3 Å². The van der Waals surface area contributed by atoms with Gasteiger partial charge >= 0.3 is 11.9 Å². The highest BCUT2D eigenvalue weighted by Gasteiger charge is 2.26. The van der Waals surface area contributed by atoms with Gasteiger partial charge < -0.3 is 41.1 Å². The second-order valence-corrected chi connectivity index (χ2v) is 13.3. The molecular formula is C37H37ClN8O8S. The normalized spacial score (nSPS) is 12.3. The van der Waals surface area contributed by atoms with Gasteiger partial charge in [-0.1, -0.05) is 42.4 Å². The van der Waals surface area contributed by atoms with Crippen LogP contribution in [0.3, 0.4) is 0 Å². The number of benzene rings is 2. The van der Waals surface area contributed by atoms with Crippen LogP contribution in [0.4, 0.5) is 11.5 Å². The molecule has 55 heavy (non-hydrogen) atoms. The molecule has 16 nitrogen and oxygen atoms in total. The minimum Gasteiger partial charge on any atom is -0.490 e. The fraction of sp³-hybridized carbons (Fsp3) is 0.297. The van der Waals surface area contributed by atoms with Crippen molar-refractivity contribution in [1.29, 1.82) is 5.26 Å². The molecular weight excluding hydrogens is 752 g/mol. The van der Waals surface area contributed by atoms with Crippen molar-refractivity contribution in [2.45, 2.75) is 43.2 Å². The van der Waals surface area contributed by atoms with Gasteiger partial charge in [-0.25, -0.2) is 19.6 Å². The predicted molar refractivity (Wildman–Crippen MR) is 202 cm³/mol. The predicted octanol–water partition coefficient (Wildman–Crippen LogP) is 4.21. The van der Waals surface area contributed by atoms with Gasteiger partial charge in [-0.15, -0.1) is 0 Å². The van der Waals surface area contributed by atoms with E-state index in [1.165, 1.54) is 31.9 Å². The first-order valence-electron chi connectivity index (χ1n) is 16.6. The van der Waals surface area contributed by atoms with Crippen molar-refractivity contribution < 1.29 is 37.8 Å². The summed E-state index contributed by atoms with van der Waals surface area (Å²) in [4.78, 5) is 61.1. The number of carbonyl (C=O) groups is 4. The van der Waals surface area contributed by atoms with Crippen molar-refractivity contribution in [2.75, 3.05) is 32.0 Å². The first-order valence-corrected chi connectivity index (χ1v) is 18.0. The summed E-state index contributed by atoms with van der Waals surface area (Å²) >= 11 is 7.18. The maximum absolute atomic E-state index is 12.7. The van der Waals surface area contributed by atoms with Crippen LogP contribution < -0.4 is 27.3 Å². The number of ether oxygens (including phenoxy) is 3. The lowest BCUT2D eigenvalue weighted by molar-refractivity contribution is -0.164. The SMILES string of the molecule is [C-]#[N+]c1c(N)nc(SCc2coc(-c3ccc(Cl)cc3)n2)c(C#N)c1-c1ccc(OC[C@@H](COC(=O)[C@H](C)CC(=O)CN)OC(=O)[C@H](C)NC(=O)CN)cc1. The Morgan fingerprint density at radius 2 is 1.71 bits per heavy atom. The lowest BCUT2D eigenvalue weighted by Gasteiger charge is -2.22. The molecule has 4 aromatic rings. The number of rotatable bonds is 18. The number of nitrogen functional groups attached to an aromatic ring is 1. The first kappa shape index (κ1) is 41.8. The highest BCUT2D eigenvalue weighted by molar-refractivity contribution is 7.98. The van der Waals surface area contributed by atoms with E-state index in [9.17, 15) is 24.4 Å². The van der Waals surface area contributed by atoms with Gasteiger partial charge in [0.15, 0.2) is 6.10 Å². The van der Waals surface area contributed by atoms with E-state index in [2.05, 4.69) is 26.2 Å². The number of pyridine rings is 1. The van der Waals surface area contributed by atoms with E-state index >= 15 is 0 Å². The van der Waals surface area contributed by atoms with Crippen LogP contribution in [0, 0.1) is 23.8 Å². The molecule has 0 bridgehead atoms. The molecule has 0 aliphatic heterocycles. The minimum absolute atomic E-state index is 0.00643. The van der Waals surface area contributed by atoms with E-state index in [0.29, 0.717) is 27.9 Å². The average Bonchev–Trinajstić information content (AvgIpc) is 3.66. The van der Waals surface area contributed by atoms with Crippen molar-refractivity contribution in [3.05, 3.63) is 82.5 Å². The summed E-state index contributed by atoms with van der Waals surface area (Å²) < 4.78 is 22.3. The topological polar surface area (TPSA) is 253 Å². The number of anilines is 1. The monoisotopic (exact) mass is 788 g/mol. The third-order valence-electron chi connectivity index (χ3n) is 7.74. The second kappa shape index (κ2) is 19.9. The Labute approximate surface area is 325 Å². The van der Waals surface area contributed by atoms with Gasteiger partial charge in [-0.2, -0.15) is 5.26 Å². The van der Waals surface area contributed by atoms with Crippen molar-refractivity contribution >= 4 is 58.5 Å². The van der Waals surface area contributed by atoms with Crippen LogP contribution in [0.1, 0.15) is 31.5 Å². The number of nitriles is 1. The highest BCUT2D eigenvalue weighted by Crippen LogP contribution is 2.42. The van der Waals surface area contributed by atoms with Crippen LogP contribution in [-0.4, -0.2) is 72.0 Å². The summed E-state index contributed by atoms with van der Waals surface area (Å²) in [5.41, 5.74) is 19.1. The quantitative estimate of drug-likeness (QED) is 0.0626. The Morgan fingerprint density at radius 3 is 2.35 bits per heavy atom. The Kier molecular flexibility index (Phi) is 15.1. The lowest BCUT2D eigenvalue weighted by atomic mass is 10.00. The number of nitrogens with zero attached hydrogens (tertiary/aromatic N) is 4. The largest absolute Gasteiger partial charge is 0.490 e. The van der Waals surface area contributed by atoms with E-state index in [1.54, 1.807) is 48.5 Å². The number of aromatic nitrogens is 2. The van der Waals surface area contributed by atoms with Crippen molar-refractivity contribution in [3.63, 3.8) is 0 Å². The van der Waals surface area contributed by atoms with Gasteiger partial charge in [0.25, 0.3) is 0 Å². The van der Waals surface area contributed by atoms with Crippen molar-refractivity contribution in [1.82, 2.24) is 15.3 Å². The molecule has 0 fully saturated rings. The maximum Gasteiger partial charge on any atom is 0.328 e. The Hall–Kier alpha value is -5.98. The third-order valence-corrected chi connectivity index (χ3v) is 9.00. The number of halogens is 1. The van der Waals surface area contributed by atoms with E-state index < -0.39 is 42.5 Å². The van der Waals surface area contributed by atoms with Gasteiger partial charge in [0.05, 0.1) is 36.8 Å². The summed E-state index contributed by atoms with van der Waals surface area (Å²) in [6.07, 6.45) is 0.252. The fourth-order valence-corrected chi connectivity index (χ4v) is 5.89. The summed E-state index contributed by atoms with van der Waals surface area (Å²) in [5, 5.41) is 13.5. The number of thioether (sulfide) groups is 1. The molecule has 286 valence electrons. The number of nitrogens with one attached hydrogen (secondary N) is 1. The molecule has 7 N–H and O–H groups in total. The summed E-state index contributed by atoms with van der Waals surface area (Å²) in [5.74, 6) is -2.33. The average molecular weight is 789 g/mol. The molecule has 18 heteroatoms. The summed E-state index contributed by atoms with van der Waals surface area (Å²) in [7, 11) is 0. The van der Waals surface area contributed by atoms with E-state index in [0.717, 1.165) is 5.56 Å². The first-order chi connectivity index (χ1) is 26.4. The molecule has 2 aromatic heterocycles. The summed E-state index contributed by atoms with van der Waals surface area (Å²) in [6.45, 7) is 9.42. The van der Waals surface area contributed by atoms with Crippen LogP contribution >= 0.6 is 23.4 Å². The van der Waals surface area contributed by atoms with Crippen LogP contribution in [0.2, 0.25) is 5.02 Å². The Balaban J connectivity index is 1.50. The number of esters is 2. The number of carbonyl (C=O) groups excluding carboxylic acids is 4. The number of amides is 1. The second-order valence-electron chi connectivity index (χ2n) is 11.9. The molecule has 0 radical (unpaired) electrons. The highest BCUT2D eigenvalue weighted by atomic mass is 35.5. The third kappa shape index (κ3) is 11.5. The smallest absolute Gasteiger partial charge is 0.328 e. The molecule has 2 aromatic carbocycles. The minimum atomic E-state index is -1.13. The molecule has 2 heterocycles. The fourth-order valence-electron chi connectivity index (χ4n) is 4.89. The number of hydrogen-bond acceptors (Lipinski definition) is 15. The zero-order valence-electron chi connectivity index (χ0n) is 29.7. The molecule has 0 saturated carbocycles. The molecule has 4 rings (SSSR count). The van der Waals surface area contributed by atoms with Gasteiger partial charge in [-0.3, -0.25) is 14.4 Å². The van der Waals surface area contributed by atoms with Crippen LogP contribution in [0.25, 0.3) is 27.4 Å². The zero-order valence-corrected chi connectivity index (χ0v) is 31.3. The van der Waals surface area contributed by atoms with Gasteiger partial charge in [-0.05, 0) is 48.9 Å². The molecule has 0 saturated heterocycles. The Bertz CT molecular complexity index is 2100. The van der Waals surface area contributed by atoms with Crippen LogP contribution in [0.15, 0.2) is 64.2 Å². The Morgan fingerprint density at radius 1 is 1.02 bits per heavy atom. The maximum atomic E-state index is 12.7. The van der Waals surface area contributed by atoms with Crippen LogP contribution in [-0.2, 0) is 34.4 Å². The summed E-state index contributed by atoms with van der Waals surface area (Å²) in [6, 6.07) is 14.5. The number of oxazole rings is 1. The standard InChI is InChI=1S/C37H37ClN8O8S/c1-20(12-26(47)13-39)36(49)53-18-28(54-37(50)21(2)44-30(48)15-41)17-51-27-10-6-22(7-11-27)31-29(14-40)35(46-33(42)32(31)43-3)55-19-25-16-52-34(45-25)23-4-8-24(38)9-5-23/h4-11,16,20-21,28H,12-13,15,17-19,39,41H2,1-2H3,(H2,42,46)(H,44,48)/t20-,21+,28+/m1/s1. The van der Waals surface area contributed by atoms with Crippen LogP contribution in [0.5, 0.6) is 5.75 Å². The zero-order chi connectivity index (χ0) is 40.1. The van der Waals surface area contributed by atoms with Crippen molar-refractivity contribution in [3.8, 4) is 34.4 Å². The van der Waals surface area contributed by atoms with E-state index in [4.69, 9.17) is 54.0 Å².